The summed E-state index contributed by atoms with van der Waals surface area (Å²) < 4.78 is 16.7. The zero-order valence-electron chi connectivity index (χ0n) is 10.7. The van der Waals surface area contributed by atoms with Gasteiger partial charge in [0.2, 0.25) is 0 Å². The third-order valence-corrected chi connectivity index (χ3v) is 3.88. The van der Waals surface area contributed by atoms with Gasteiger partial charge in [0.1, 0.15) is 11.6 Å². The molecule has 102 valence electrons. The number of imidazole rings is 1. The second-order valence-corrected chi connectivity index (χ2v) is 5.77. The quantitative estimate of drug-likeness (QED) is 0.594. The van der Waals surface area contributed by atoms with Crippen molar-refractivity contribution in [2.24, 2.45) is 0 Å². The van der Waals surface area contributed by atoms with Gasteiger partial charge >= 0.3 is 0 Å². The van der Waals surface area contributed by atoms with E-state index >= 15 is 0 Å². The van der Waals surface area contributed by atoms with Crippen molar-refractivity contribution < 1.29 is 4.39 Å². The van der Waals surface area contributed by atoms with Gasteiger partial charge in [-0.3, -0.25) is 4.57 Å². The van der Waals surface area contributed by atoms with E-state index in [1.54, 1.807) is 16.7 Å². The molecular formula is C15H11BrClFN2. The minimum Gasteiger partial charge on any atom is -0.292 e. The van der Waals surface area contributed by atoms with Crippen molar-refractivity contribution in [3.8, 4) is 5.69 Å². The Bertz CT molecular complexity index is 798. The standard InChI is InChI=1S/C15H11BrClFN2/c1-9-2-4-14-12(6-9)19-15(8-17)20(14)13-5-3-10(16)7-11(13)18/h2-7H,8H2,1H3. The highest BCUT2D eigenvalue weighted by Gasteiger charge is 2.15. The Hall–Kier alpha value is -1.39. The van der Waals surface area contributed by atoms with Crippen LogP contribution in [0.25, 0.3) is 16.7 Å². The van der Waals surface area contributed by atoms with Crippen LogP contribution in [-0.2, 0) is 5.88 Å². The van der Waals surface area contributed by atoms with Crippen LogP contribution in [0.2, 0.25) is 0 Å². The number of rotatable bonds is 2. The third-order valence-electron chi connectivity index (χ3n) is 3.15. The first-order chi connectivity index (χ1) is 9.60. The summed E-state index contributed by atoms with van der Waals surface area (Å²) in [5.41, 5.74) is 3.24. The predicted octanol–water partition coefficient (Wildman–Crippen LogP) is 4.97. The van der Waals surface area contributed by atoms with E-state index in [2.05, 4.69) is 20.9 Å². The van der Waals surface area contributed by atoms with Gasteiger partial charge in [-0.2, -0.15) is 0 Å². The Labute approximate surface area is 129 Å². The lowest BCUT2D eigenvalue weighted by molar-refractivity contribution is 0.617. The molecule has 0 aliphatic rings. The van der Waals surface area contributed by atoms with Gasteiger partial charge in [0.05, 0.1) is 22.6 Å². The van der Waals surface area contributed by atoms with Gasteiger partial charge in [-0.05, 0) is 42.8 Å². The van der Waals surface area contributed by atoms with Crippen LogP contribution in [0.1, 0.15) is 11.4 Å². The third kappa shape index (κ3) is 2.23. The minimum absolute atomic E-state index is 0.225. The topological polar surface area (TPSA) is 17.8 Å². The van der Waals surface area contributed by atoms with Gasteiger partial charge in [-0.1, -0.05) is 22.0 Å². The molecule has 20 heavy (non-hydrogen) atoms. The summed E-state index contributed by atoms with van der Waals surface area (Å²) in [5.74, 6) is 0.544. The Morgan fingerprint density at radius 3 is 2.75 bits per heavy atom. The lowest BCUT2D eigenvalue weighted by atomic mass is 10.2. The molecule has 3 aromatic rings. The predicted molar refractivity (Wildman–Crippen MR) is 83.0 cm³/mol. The van der Waals surface area contributed by atoms with Crippen molar-refractivity contribution in [1.29, 1.82) is 0 Å². The Morgan fingerprint density at radius 1 is 1.25 bits per heavy atom. The molecule has 1 heterocycles. The number of hydrogen-bond donors (Lipinski definition) is 0. The van der Waals surface area contributed by atoms with E-state index in [1.165, 1.54) is 6.07 Å². The molecule has 0 amide bonds. The van der Waals surface area contributed by atoms with Crippen molar-refractivity contribution in [1.82, 2.24) is 9.55 Å². The average Bonchev–Trinajstić information content (AvgIpc) is 2.76. The number of benzene rings is 2. The van der Waals surface area contributed by atoms with Crippen LogP contribution in [0.5, 0.6) is 0 Å². The van der Waals surface area contributed by atoms with Crippen molar-refractivity contribution >= 4 is 38.6 Å². The second kappa shape index (κ2) is 5.19. The lowest BCUT2D eigenvalue weighted by Gasteiger charge is -2.09. The molecule has 0 fully saturated rings. The molecule has 0 spiro atoms. The average molecular weight is 354 g/mol. The van der Waals surface area contributed by atoms with Crippen molar-refractivity contribution in [3.63, 3.8) is 0 Å². The zero-order valence-corrected chi connectivity index (χ0v) is 13.0. The molecule has 0 saturated heterocycles. The van der Waals surface area contributed by atoms with Crippen LogP contribution in [0.3, 0.4) is 0 Å². The first-order valence-electron chi connectivity index (χ1n) is 6.09. The molecule has 0 aliphatic heterocycles. The molecule has 2 nitrogen and oxygen atoms in total. The molecule has 0 unspecified atom stereocenters. The maximum atomic E-state index is 14.2. The number of aryl methyl sites for hydroxylation is 1. The summed E-state index contributed by atoms with van der Waals surface area (Å²) in [6.07, 6.45) is 0. The highest BCUT2D eigenvalue weighted by atomic mass is 79.9. The lowest BCUT2D eigenvalue weighted by Crippen LogP contribution is -2.02. The fourth-order valence-corrected chi connectivity index (χ4v) is 2.77. The van der Waals surface area contributed by atoms with Crippen LogP contribution in [0, 0.1) is 12.7 Å². The van der Waals surface area contributed by atoms with Gasteiger partial charge in [0.25, 0.3) is 0 Å². The van der Waals surface area contributed by atoms with Crippen LogP contribution in [0.4, 0.5) is 4.39 Å². The van der Waals surface area contributed by atoms with E-state index in [0.29, 0.717) is 16.0 Å². The summed E-state index contributed by atoms with van der Waals surface area (Å²) in [6, 6.07) is 10.9. The summed E-state index contributed by atoms with van der Waals surface area (Å²) in [6.45, 7) is 2.00. The molecule has 5 heteroatoms. The number of nitrogens with zero attached hydrogens (tertiary/aromatic N) is 2. The summed E-state index contributed by atoms with van der Waals surface area (Å²) in [7, 11) is 0. The summed E-state index contributed by atoms with van der Waals surface area (Å²) in [5, 5.41) is 0. The molecule has 1 aromatic heterocycles. The van der Waals surface area contributed by atoms with E-state index in [9.17, 15) is 4.39 Å². The molecule has 0 radical (unpaired) electrons. The van der Waals surface area contributed by atoms with E-state index < -0.39 is 0 Å². The number of alkyl halides is 1. The van der Waals surface area contributed by atoms with Gasteiger partial charge < -0.3 is 0 Å². The van der Waals surface area contributed by atoms with Crippen molar-refractivity contribution in [2.45, 2.75) is 12.8 Å². The Balaban J connectivity index is 2.34. The highest BCUT2D eigenvalue weighted by Crippen LogP contribution is 2.26. The maximum Gasteiger partial charge on any atom is 0.148 e. The van der Waals surface area contributed by atoms with Gasteiger partial charge in [0.15, 0.2) is 0 Å². The first-order valence-corrected chi connectivity index (χ1v) is 7.42. The van der Waals surface area contributed by atoms with E-state index in [1.807, 2.05) is 25.1 Å². The molecule has 0 aliphatic carbocycles. The molecule has 0 atom stereocenters. The summed E-state index contributed by atoms with van der Waals surface area (Å²) in [4.78, 5) is 4.48. The first kappa shape index (κ1) is 13.6. The number of aromatic nitrogens is 2. The van der Waals surface area contributed by atoms with Gasteiger partial charge in [-0.25, -0.2) is 9.37 Å². The van der Waals surface area contributed by atoms with Crippen LogP contribution < -0.4 is 0 Å². The smallest absolute Gasteiger partial charge is 0.148 e. The largest absolute Gasteiger partial charge is 0.292 e. The Morgan fingerprint density at radius 2 is 2.05 bits per heavy atom. The van der Waals surface area contributed by atoms with Crippen LogP contribution >= 0.6 is 27.5 Å². The van der Waals surface area contributed by atoms with Gasteiger partial charge in [-0.15, -0.1) is 11.6 Å². The molecule has 2 aromatic carbocycles. The van der Waals surface area contributed by atoms with Crippen molar-refractivity contribution in [3.05, 3.63) is 58.1 Å². The van der Waals surface area contributed by atoms with E-state index in [4.69, 9.17) is 11.6 Å². The molecule has 3 rings (SSSR count). The minimum atomic E-state index is -0.314. The normalized spacial score (nSPS) is 11.2. The number of fused-ring (bicyclic) bond motifs is 1. The monoisotopic (exact) mass is 352 g/mol. The molecule has 0 bridgehead atoms. The molecule has 0 N–H and O–H groups in total. The van der Waals surface area contributed by atoms with Crippen LogP contribution in [0.15, 0.2) is 40.9 Å². The number of hydrogen-bond acceptors (Lipinski definition) is 1. The molecule has 0 saturated carbocycles. The highest BCUT2D eigenvalue weighted by molar-refractivity contribution is 9.10. The SMILES string of the molecule is Cc1ccc2c(c1)nc(CCl)n2-c1ccc(Br)cc1F. The molecular weight excluding hydrogens is 343 g/mol. The van der Waals surface area contributed by atoms with Gasteiger partial charge in [0, 0.05) is 4.47 Å². The Kier molecular flexibility index (Phi) is 3.52. The summed E-state index contributed by atoms with van der Waals surface area (Å²) >= 11 is 9.23. The second-order valence-electron chi connectivity index (χ2n) is 4.58. The fourth-order valence-electron chi connectivity index (χ4n) is 2.26. The van der Waals surface area contributed by atoms with E-state index in [0.717, 1.165) is 16.6 Å². The van der Waals surface area contributed by atoms with E-state index in [-0.39, 0.29) is 11.7 Å². The number of halogens is 3. The van der Waals surface area contributed by atoms with Crippen molar-refractivity contribution in [2.75, 3.05) is 0 Å². The zero-order chi connectivity index (χ0) is 14.3. The fraction of sp³-hybridized carbons (Fsp3) is 0.133. The maximum absolute atomic E-state index is 14.2. The van der Waals surface area contributed by atoms with Crippen LogP contribution in [-0.4, -0.2) is 9.55 Å².